The highest BCUT2D eigenvalue weighted by atomic mass is 14.3. The van der Waals surface area contributed by atoms with Gasteiger partial charge in [0.05, 0.1) is 0 Å². The number of nitriles is 4. The van der Waals surface area contributed by atoms with E-state index in [9.17, 15) is 0 Å². The topological polar surface area (TPSA) is 95.2 Å². The van der Waals surface area contributed by atoms with E-state index >= 15 is 0 Å². The molecule has 0 atom stereocenters. The van der Waals surface area contributed by atoms with Crippen molar-refractivity contribution in [3.05, 3.63) is 65.8 Å². The first kappa shape index (κ1) is 16.2. The summed E-state index contributed by atoms with van der Waals surface area (Å²) in [5, 5.41) is 35.1. The first-order valence-electron chi connectivity index (χ1n) is 6.16. The molecular formula is C18H10N4. The van der Waals surface area contributed by atoms with Crippen LogP contribution in [0.3, 0.4) is 0 Å². The fourth-order valence-electron chi connectivity index (χ4n) is 1.70. The third-order valence-corrected chi connectivity index (χ3v) is 2.74. The van der Waals surface area contributed by atoms with Crippen molar-refractivity contribution in [3.8, 4) is 24.3 Å². The summed E-state index contributed by atoms with van der Waals surface area (Å²) in [5.74, 6) is 0. The largest absolute Gasteiger partial charge is 0.192 e. The van der Waals surface area contributed by atoms with E-state index in [-0.39, 0.29) is 0 Å². The molecule has 0 N–H and O–H groups in total. The average molecular weight is 282 g/mol. The molecule has 0 fully saturated rings. The lowest BCUT2D eigenvalue weighted by Crippen LogP contribution is -1.79. The Labute approximate surface area is 128 Å². The van der Waals surface area contributed by atoms with Crippen LogP contribution in [0.25, 0.3) is 16.8 Å². The van der Waals surface area contributed by atoms with Crippen molar-refractivity contribution in [1.29, 1.82) is 21.0 Å². The zero-order chi connectivity index (χ0) is 16.4. The molecule has 0 radical (unpaired) electrons. The molecule has 0 heterocycles. The molecule has 2 aromatic carbocycles. The summed E-state index contributed by atoms with van der Waals surface area (Å²) in [4.78, 5) is 0. The minimum Gasteiger partial charge on any atom is -0.192 e. The van der Waals surface area contributed by atoms with E-state index in [4.69, 9.17) is 21.0 Å². The first-order chi connectivity index (χ1) is 10.7. The van der Waals surface area contributed by atoms with Gasteiger partial charge in [0.15, 0.2) is 11.1 Å². The van der Waals surface area contributed by atoms with E-state index in [1.165, 1.54) is 40.6 Å². The molecule has 0 aliphatic heterocycles. The highest BCUT2D eigenvalue weighted by Gasteiger charge is 2.01. The Morgan fingerprint density at radius 1 is 0.773 bits per heavy atom. The Balaban J connectivity index is 0.000000225. The molecule has 0 bridgehead atoms. The number of hydrogen-bond acceptors (Lipinski definition) is 4. The van der Waals surface area contributed by atoms with Gasteiger partial charge in [-0.25, -0.2) is 0 Å². The van der Waals surface area contributed by atoms with Crippen LogP contribution in [0.4, 0.5) is 0 Å². The number of nitrogens with zero attached hydrogens (tertiary/aromatic N) is 4. The number of fused-ring (bicyclic) bond motifs is 1. The van der Waals surface area contributed by atoms with Gasteiger partial charge in [0.1, 0.15) is 24.3 Å². The maximum atomic E-state index is 8.13. The normalized spacial score (nSPS) is 8.00. The highest BCUT2D eigenvalue weighted by Crippen LogP contribution is 2.18. The highest BCUT2D eigenvalue weighted by molar-refractivity contribution is 5.90. The molecule has 102 valence electrons. The maximum absolute atomic E-state index is 8.13. The van der Waals surface area contributed by atoms with Gasteiger partial charge in [-0.3, -0.25) is 0 Å². The van der Waals surface area contributed by atoms with Gasteiger partial charge < -0.3 is 0 Å². The van der Waals surface area contributed by atoms with Gasteiger partial charge in [-0.15, -0.1) is 0 Å². The molecule has 0 spiro atoms. The van der Waals surface area contributed by atoms with E-state index in [1.54, 1.807) is 0 Å². The van der Waals surface area contributed by atoms with Crippen LogP contribution in [0.1, 0.15) is 5.56 Å². The number of allylic oxidation sites excluding steroid dienone is 2. The van der Waals surface area contributed by atoms with Crippen LogP contribution < -0.4 is 0 Å². The summed E-state index contributed by atoms with van der Waals surface area (Å²) >= 11 is 0. The van der Waals surface area contributed by atoms with Crippen molar-refractivity contribution in [2.75, 3.05) is 0 Å². The molecule has 4 nitrogen and oxygen atoms in total. The monoisotopic (exact) mass is 282 g/mol. The Hall–Kier alpha value is -3.86. The summed E-state index contributed by atoms with van der Waals surface area (Å²) < 4.78 is 0. The fourth-order valence-corrected chi connectivity index (χ4v) is 1.70. The van der Waals surface area contributed by atoms with Crippen molar-refractivity contribution in [2.24, 2.45) is 0 Å². The predicted octanol–water partition coefficient (Wildman–Crippen LogP) is 3.86. The van der Waals surface area contributed by atoms with Crippen LogP contribution in [-0.2, 0) is 0 Å². The lowest BCUT2D eigenvalue weighted by Gasteiger charge is -1.99. The molecule has 0 saturated heterocycles. The second-order valence-electron chi connectivity index (χ2n) is 3.97. The standard InChI is InChI=1S/C12H10.C6N4/c1-2-10-7-5-8-11-6-3-4-9-12(10)11;7-1-5(2-8)6(3-9)4-10/h2-9H,1H2;. The van der Waals surface area contributed by atoms with E-state index < -0.39 is 11.1 Å². The minimum absolute atomic E-state index is 0.440. The van der Waals surface area contributed by atoms with Gasteiger partial charge in [0.2, 0.25) is 0 Å². The number of rotatable bonds is 1. The zero-order valence-electron chi connectivity index (χ0n) is 11.6. The van der Waals surface area contributed by atoms with Crippen molar-refractivity contribution in [1.82, 2.24) is 0 Å². The molecule has 0 amide bonds. The van der Waals surface area contributed by atoms with E-state index in [0.29, 0.717) is 0 Å². The van der Waals surface area contributed by atoms with E-state index in [1.807, 2.05) is 6.08 Å². The Kier molecular flexibility index (Phi) is 6.14. The second kappa shape index (κ2) is 8.34. The van der Waals surface area contributed by atoms with Crippen LogP contribution in [0, 0.1) is 45.3 Å². The molecule has 22 heavy (non-hydrogen) atoms. The second-order valence-corrected chi connectivity index (χ2v) is 3.97. The number of benzene rings is 2. The number of hydrogen-bond donors (Lipinski definition) is 0. The van der Waals surface area contributed by atoms with Crippen LogP contribution in [0.2, 0.25) is 0 Å². The van der Waals surface area contributed by atoms with Gasteiger partial charge in [0.25, 0.3) is 0 Å². The molecular weight excluding hydrogens is 272 g/mol. The molecule has 0 aromatic heterocycles. The molecule has 2 aromatic rings. The molecule has 0 saturated carbocycles. The molecule has 0 aliphatic rings. The zero-order valence-corrected chi connectivity index (χ0v) is 11.6. The van der Waals surface area contributed by atoms with Crippen LogP contribution in [0.15, 0.2) is 60.2 Å². The minimum atomic E-state index is -0.440. The van der Waals surface area contributed by atoms with Crippen LogP contribution in [0.5, 0.6) is 0 Å². The van der Waals surface area contributed by atoms with Gasteiger partial charge in [0, 0.05) is 0 Å². The van der Waals surface area contributed by atoms with Gasteiger partial charge in [-0.05, 0) is 16.3 Å². The Morgan fingerprint density at radius 2 is 1.27 bits per heavy atom. The molecule has 0 aliphatic carbocycles. The average Bonchev–Trinajstić information content (AvgIpc) is 2.59. The summed E-state index contributed by atoms with van der Waals surface area (Å²) in [6, 6.07) is 20.3. The predicted molar refractivity (Wildman–Crippen MR) is 83.5 cm³/mol. The van der Waals surface area contributed by atoms with Gasteiger partial charge >= 0.3 is 0 Å². The smallest absolute Gasteiger partial charge is 0.158 e. The summed E-state index contributed by atoms with van der Waals surface area (Å²) in [5.41, 5.74) is 0.322. The summed E-state index contributed by atoms with van der Waals surface area (Å²) in [7, 11) is 0. The van der Waals surface area contributed by atoms with Crippen molar-refractivity contribution < 1.29 is 0 Å². The molecule has 4 heteroatoms. The van der Waals surface area contributed by atoms with Gasteiger partial charge in [-0.2, -0.15) is 21.0 Å². The molecule has 2 rings (SSSR count). The van der Waals surface area contributed by atoms with Gasteiger partial charge in [-0.1, -0.05) is 55.1 Å². The van der Waals surface area contributed by atoms with Crippen LogP contribution >= 0.6 is 0 Å². The van der Waals surface area contributed by atoms with Crippen molar-refractivity contribution >= 4 is 16.8 Å². The lowest BCUT2D eigenvalue weighted by atomic mass is 10.1. The quantitative estimate of drug-likeness (QED) is 0.742. The maximum Gasteiger partial charge on any atom is 0.158 e. The van der Waals surface area contributed by atoms with E-state index in [2.05, 4.69) is 49.0 Å². The summed E-state index contributed by atoms with van der Waals surface area (Å²) in [6.07, 6.45) is 1.89. The fraction of sp³-hybridized carbons (Fsp3) is 0. The van der Waals surface area contributed by atoms with Crippen molar-refractivity contribution in [2.45, 2.75) is 0 Å². The SMILES string of the molecule is C=Cc1cccc2ccccc12.N#CC(C#N)=C(C#N)C#N. The van der Waals surface area contributed by atoms with Crippen molar-refractivity contribution in [3.63, 3.8) is 0 Å². The molecule has 0 unspecified atom stereocenters. The third kappa shape index (κ3) is 3.82. The van der Waals surface area contributed by atoms with E-state index in [0.717, 1.165) is 0 Å². The lowest BCUT2D eigenvalue weighted by molar-refractivity contribution is 1.41. The Bertz CT molecular complexity index is 822. The Morgan fingerprint density at radius 3 is 1.77 bits per heavy atom. The first-order valence-corrected chi connectivity index (χ1v) is 6.16. The third-order valence-electron chi connectivity index (χ3n) is 2.74. The summed E-state index contributed by atoms with van der Waals surface area (Å²) in [6.45, 7) is 3.78. The van der Waals surface area contributed by atoms with Crippen LogP contribution in [-0.4, -0.2) is 0 Å².